The Morgan fingerprint density at radius 1 is 1.17 bits per heavy atom. The van der Waals surface area contributed by atoms with Crippen LogP contribution in [0, 0.1) is 0 Å². The molecule has 0 radical (unpaired) electrons. The van der Waals surface area contributed by atoms with Crippen molar-refractivity contribution in [2.24, 2.45) is 0 Å². The topological polar surface area (TPSA) is 30.5 Å². The fraction of sp³-hybridized carbons (Fsp3) is 0.600. The third kappa shape index (κ3) is 3.39. The molecule has 2 unspecified atom stereocenters. The Kier molecular flexibility index (Phi) is 4.88. The molecule has 1 aliphatic carbocycles. The molecule has 1 aliphatic rings. The lowest BCUT2D eigenvalue weighted by atomic mass is 10.2. The summed E-state index contributed by atoms with van der Waals surface area (Å²) in [5, 5.41) is 3.57. The van der Waals surface area contributed by atoms with Gasteiger partial charge in [0.15, 0.2) is 0 Å². The smallest absolute Gasteiger partial charge is 0.120 e. The van der Waals surface area contributed by atoms with Gasteiger partial charge < -0.3 is 14.8 Å². The summed E-state index contributed by atoms with van der Waals surface area (Å²) in [6, 6.07) is 8.35. The summed E-state index contributed by atoms with van der Waals surface area (Å²) in [4.78, 5) is 0. The van der Waals surface area contributed by atoms with E-state index >= 15 is 0 Å². The maximum Gasteiger partial charge on any atom is 0.120 e. The number of ether oxygens (including phenoxy) is 2. The van der Waals surface area contributed by atoms with Crippen LogP contribution in [0.5, 0.6) is 11.5 Å². The molecule has 2 rings (SSSR count). The lowest BCUT2D eigenvalue weighted by molar-refractivity contribution is 0.175. The van der Waals surface area contributed by atoms with Gasteiger partial charge in [0.25, 0.3) is 0 Å². The SMILES string of the molecule is CCCNC1CCCC1Oc1ccc(OC)cc1. The van der Waals surface area contributed by atoms with Crippen LogP contribution >= 0.6 is 0 Å². The van der Waals surface area contributed by atoms with Crippen LogP contribution < -0.4 is 14.8 Å². The van der Waals surface area contributed by atoms with Crippen LogP contribution in [-0.2, 0) is 0 Å². The minimum atomic E-state index is 0.310. The standard InChI is InChI=1S/C15H23NO2/c1-3-11-16-14-5-4-6-15(14)18-13-9-7-12(17-2)8-10-13/h7-10,14-16H,3-6,11H2,1-2H3. The Morgan fingerprint density at radius 3 is 2.56 bits per heavy atom. The quantitative estimate of drug-likeness (QED) is 0.840. The zero-order valence-electron chi connectivity index (χ0n) is 11.3. The fourth-order valence-electron chi connectivity index (χ4n) is 2.46. The Labute approximate surface area is 109 Å². The van der Waals surface area contributed by atoms with Crippen LogP contribution in [0.2, 0.25) is 0 Å². The fourth-order valence-corrected chi connectivity index (χ4v) is 2.46. The summed E-state index contributed by atoms with van der Waals surface area (Å²) in [6.45, 7) is 3.27. The van der Waals surface area contributed by atoms with Gasteiger partial charge in [-0.05, 0) is 56.5 Å². The first-order valence-electron chi connectivity index (χ1n) is 6.87. The first-order chi connectivity index (χ1) is 8.83. The zero-order valence-corrected chi connectivity index (χ0v) is 11.3. The highest BCUT2D eigenvalue weighted by atomic mass is 16.5. The van der Waals surface area contributed by atoms with E-state index in [-0.39, 0.29) is 0 Å². The molecule has 0 saturated heterocycles. The highest BCUT2D eigenvalue weighted by Gasteiger charge is 2.28. The molecule has 0 spiro atoms. The third-order valence-corrected chi connectivity index (χ3v) is 3.46. The maximum atomic E-state index is 6.07. The number of benzene rings is 1. The third-order valence-electron chi connectivity index (χ3n) is 3.46. The number of rotatable bonds is 6. The lowest BCUT2D eigenvalue weighted by Crippen LogP contribution is -2.39. The molecule has 0 aliphatic heterocycles. The molecule has 3 heteroatoms. The molecule has 1 saturated carbocycles. The van der Waals surface area contributed by atoms with Gasteiger partial charge in [-0.1, -0.05) is 6.92 Å². The Balaban J connectivity index is 1.90. The van der Waals surface area contributed by atoms with Crippen LogP contribution in [0.3, 0.4) is 0 Å². The van der Waals surface area contributed by atoms with Crippen molar-refractivity contribution in [3.63, 3.8) is 0 Å². The first-order valence-corrected chi connectivity index (χ1v) is 6.87. The molecule has 1 aromatic carbocycles. The molecule has 1 fully saturated rings. The van der Waals surface area contributed by atoms with E-state index in [1.807, 2.05) is 24.3 Å². The minimum absolute atomic E-state index is 0.310. The van der Waals surface area contributed by atoms with Gasteiger partial charge in [0.1, 0.15) is 17.6 Å². The van der Waals surface area contributed by atoms with Gasteiger partial charge >= 0.3 is 0 Å². The Morgan fingerprint density at radius 2 is 1.89 bits per heavy atom. The summed E-state index contributed by atoms with van der Waals surface area (Å²) >= 11 is 0. The summed E-state index contributed by atoms with van der Waals surface area (Å²) in [7, 11) is 1.68. The number of methoxy groups -OCH3 is 1. The van der Waals surface area contributed by atoms with Crippen molar-refractivity contribution in [2.75, 3.05) is 13.7 Å². The van der Waals surface area contributed by atoms with Crippen molar-refractivity contribution in [2.45, 2.75) is 44.8 Å². The van der Waals surface area contributed by atoms with Crippen molar-refractivity contribution in [3.8, 4) is 11.5 Å². The molecule has 1 aromatic rings. The molecule has 3 nitrogen and oxygen atoms in total. The lowest BCUT2D eigenvalue weighted by Gasteiger charge is -2.22. The van der Waals surface area contributed by atoms with Gasteiger partial charge in [-0.25, -0.2) is 0 Å². The van der Waals surface area contributed by atoms with Crippen molar-refractivity contribution in [3.05, 3.63) is 24.3 Å². The minimum Gasteiger partial charge on any atom is -0.497 e. The van der Waals surface area contributed by atoms with Crippen molar-refractivity contribution in [1.29, 1.82) is 0 Å². The van der Waals surface area contributed by atoms with Crippen molar-refractivity contribution < 1.29 is 9.47 Å². The molecular weight excluding hydrogens is 226 g/mol. The van der Waals surface area contributed by atoms with E-state index in [1.54, 1.807) is 7.11 Å². The molecule has 0 heterocycles. The molecule has 100 valence electrons. The predicted octanol–water partition coefficient (Wildman–Crippen LogP) is 2.99. The highest BCUT2D eigenvalue weighted by molar-refractivity contribution is 5.31. The normalized spacial score (nSPS) is 23.0. The van der Waals surface area contributed by atoms with Gasteiger partial charge in [0.2, 0.25) is 0 Å². The van der Waals surface area contributed by atoms with Crippen LogP contribution in [0.15, 0.2) is 24.3 Å². The monoisotopic (exact) mass is 249 g/mol. The second kappa shape index (κ2) is 6.64. The van der Waals surface area contributed by atoms with Crippen molar-refractivity contribution in [1.82, 2.24) is 5.32 Å². The predicted molar refractivity (Wildman–Crippen MR) is 73.3 cm³/mol. The second-order valence-corrected chi connectivity index (χ2v) is 4.82. The number of nitrogens with one attached hydrogen (secondary N) is 1. The van der Waals surface area contributed by atoms with E-state index < -0.39 is 0 Å². The molecule has 0 aromatic heterocycles. The summed E-state index contributed by atoms with van der Waals surface area (Å²) < 4.78 is 11.2. The number of hydrogen-bond acceptors (Lipinski definition) is 3. The molecule has 0 amide bonds. The summed E-state index contributed by atoms with van der Waals surface area (Å²) in [6.07, 6.45) is 5.10. The van der Waals surface area contributed by atoms with Crippen LogP contribution in [0.1, 0.15) is 32.6 Å². The van der Waals surface area contributed by atoms with E-state index in [9.17, 15) is 0 Å². The van der Waals surface area contributed by atoms with Gasteiger partial charge in [-0.15, -0.1) is 0 Å². The van der Waals surface area contributed by atoms with Crippen LogP contribution in [-0.4, -0.2) is 25.8 Å². The number of hydrogen-bond donors (Lipinski definition) is 1. The van der Waals surface area contributed by atoms with E-state index in [0.29, 0.717) is 12.1 Å². The highest BCUT2D eigenvalue weighted by Crippen LogP contribution is 2.26. The average molecular weight is 249 g/mol. The van der Waals surface area contributed by atoms with Gasteiger partial charge in [-0.3, -0.25) is 0 Å². The molecule has 18 heavy (non-hydrogen) atoms. The largest absolute Gasteiger partial charge is 0.497 e. The Bertz CT molecular complexity index is 350. The van der Waals surface area contributed by atoms with Gasteiger partial charge in [0.05, 0.1) is 7.11 Å². The zero-order chi connectivity index (χ0) is 12.8. The van der Waals surface area contributed by atoms with E-state index in [0.717, 1.165) is 24.5 Å². The van der Waals surface area contributed by atoms with E-state index in [2.05, 4.69) is 12.2 Å². The molecule has 0 bridgehead atoms. The maximum absolute atomic E-state index is 6.07. The second-order valence-electron chi connectivity index (χ2n) is 4.82. The molecule has 1 N–H and O–H groups in total. The van der Waals surface area contributed by atoms with Crippen LogP contribution in [0.25, 0.3) is 0 Å². The van der Waals surface area contributed by atoms with Gasteiger partial charge in [0, 0.05) is 6.04 Å². The van der Waals surface area contributed by atoms with E-state index in [1.165, 1.54) is 19.3 Å². The van der Waals surface area contributed by atoms with Gasteiger partial charge in [-0.2, -0.15) is 0 Å². The van der Waals surface area contributed by atoms with Crippen LogP contribution in [0.4, 0.5) is 0 Å². The first kappa shape index (κ1) is 13.2. The summed E-state index contributed by atoms with van der Waals surface area (Å²) in [5.41, 5.74) is 0. The molecule has 2 atom stereocenters. The van der Waals surface area contributed by atoms with E-state index in [4.69, 9.17) is 9.47 Å². The Hall–Kier alpha value is -1.22. The molecular formula is C15H23NO2. The average Bonchev–Trinajstić information content (AvgIpc) is 2.84. The summed E-state index contributed by atoms with van der Waals surface area (Å²) in [5.74, 6) is 1.81. The van der Waals surface area contributed by atoms with Crippen molar-refractivity contribution >= 4 is 0 Å².